The van der Waals surface area contributed by atoms with Crippen molar-refractivity contribution in [3.63, 3.8) is 0 Å². The summed E-state index contributed by atoms with van der Waals surface area (Å²) in [5, 5.41) is 14.2. The molecule has 2 heterocycles. The second kappa shape index (κ2) is 6.63. The van der Waals surface area contributed by atoms with Gasteiger partial charge in [0.1, 0.15) is 6.04 Å². The Balaban J connectivity index is 1.53. The van der Waals surface area contributed by atoms with E-state index in [-0.39, 0.29) is 18.2 Å². The maximum Gasteiger partial charge on any atom is 0.326 e. The number of aromatic nitrogens is 2. The standard InChI is InChI=1S/C19H19BrClN3O3/c1-23-10-11(9-22-23)6-16(17(25)26)24-5-4-19(18(24)27)8-14(19)13-3-2-12(20)7-15(13)21/h2-3,7,9-10,14,16H,4-6,8H2,1H3,(H,25,26)/t14-,16-,19+/m1/s1/i1D3. The van der Waals surface area contributed by atoms with Gasteiger partial charge in [-0.05, 0) is 36.1 Å². The Morgan fingerprint density at radius 3 is 3.07 bits per heavy atom. The molecule has 0 bridgehead atoms. The number of rotatable bonds is 5. The summed E-state index contributed by atoms with van der Waals surface area (Å²) in [6.07, 6.45) is 3.85. The fraction of sp³-hybridized carbons (Fsp3) is 0.421. The van der Waals surface area contributed by atoms with E-state index in [9.17, 15) is 14.7 Å². The van der Waals surface area contributed by atoms with Crippen LogP contribution in [0.2, 0.25) is 5.02 Å². The van der Waals surface area contributed by atoms with Crippen molar-refractivity contribution < 1.29 is 18.8 Å². The van der Waals surface area contributed by atoms with Gasteiger partial charge in [0.05, 0.1) is 11.6 Å². The lowest BCUT2D eigenvalue weighted by Crippen LogP contribution is -2.44. The molecular formula is C19H19BrClN3O3. The summed E-state index contributed by atoms with van der Waals surface area (Å²) in [6.45, 7) is -2.09. The molecule has 2 aromatic rings. The molecule has 1 aliphatic heterocycles. The largest absolute Gasteiger partial charge is 0.480 e. The van der Waals surface area contributed by atoms with Gasteiger partial charge in [-0.1, -0.05) is 33.6 Å². The molecule has 8 heteroatoms. The van der Waals surface area contributed by atoms with Gasteiger partial charge in [-0.15, -0.1) is 0 Å². The van der Waals surface area contributed by atoms with Gasteiger partial charge >= 0.3 is 5.97 Å². The Bertz CT molecular complexity index is 1030. The Hall–Kier alpha value is -1.86. The fourth-order valence-corrected chi connectivity index (χ4v) is 4.95. The van der Waals surface area contributed by atoms with Crippen LogP contribution in [0.1, 0.15) is 34.0 Å². The lowest BCUT2D eigenvalue weighted by Gasteiger charge is -2.24. The normalized spacial score (nSPS) is 27.3. The molecule has 142 valence electrons. The molecule has 4 rings (SSSR count). The summed E-state index contributed by atoms with van der Waals surface area (Å²) in [7, 11) is 0. The van der Waals surface area contributed by atoms with E-state index < -0.39 is 24.4 Å². The van der Waals surface area contributed by atoms with Gasteiger partial charge in [-0.3, -0.25) is 9.48 Å². The number of halogens is 2. The minimum atomic E-state index is -2.43. The maximum atomic E-state index is 13.3. The summed E-state index contributed by atoms with van der Waals surface area (Å²) >= 11 is 9.74. The van der Waals surface area contributed by atoms with Gasteiger partial charge in [0.25, 0.3) is 0 Å². The van der Waals surface area contributed by atoms with Crippen molar-refractivity contribution in [2.45, 2.75) is 31.2 Å². The third-order valence-corrected chi connectivity index (χ3v) is 6.45. The van der Waals surface area contributed by atoms with Crippen molar-refractivity contribution in [3.05, 3.63) is 51.2 Å². The monoisotopic (exact) mass is 454 g/mol. The average Bonchev–Trinajstić information content (AvgIpc) is 3.00. The van der Waals surface area contributed by atoms with Gasteiger partial charge in [-0.25, -0.2) is 4.79 Å². The van der Waals surface area contributed by atoms with Crippen LogP contribution in [0.3, 0.4) is 0 Å². The minimum Gasteiger partial charge on any atom is -0.480 e. The number of carbonyl (C=O) groups is 2. The van der Waals surface area contributed by atoms with E-state index in [4.69, 9.17) is 15.7 Å². The number of amides is 1. The SMILES string of the molecule is [2H]C([2H])([2H])n1cc(C[C@H](C(=O)O)N2CC[C@@]3(C[C@@H]3c3ccc(Br)cc3Cl)C2=O)cn1. The van der Waals surface area contributed by atoms with E-state index in [1.165, 1.54) is 17.3 Å². The number of hydrogen-bond acceptors (Lipinski definition) is 3. The summed E-state index contributed by atoms with van der Waals surface area (Å²) in [4.78, 5) is 26.6. The van der Waals surface area contributed by atoms with E-state index in [0.717, 1.165) is 14.7 Å². The van der Waals surface area contributed by atoms with Crippen LogP contribution in [0.25, 0.3) is 0 Å². The second-order valence-corrected chi connectivity index (χ2v) is 8.50. The zero-order valence-corrected chi connectivity index (χ0v) is 16.6. The Morgan fingerprint density at radius 2 is 2.41 bits per heavy atom. The number of hydrogen-bond donors (Lipinski definition) is 1. The lowest BCUT2D eigenvalue weighted by molar-refractivity contribution is -0.149. The first-order valence-electron chi connectivity index (χ1n) is 10.1. The smallest absolute Gasteiger partial charge is 0.326 e. The van der Waals surface area contributed by atoms with Crippen LogP contribution < -0.4 is 0 Å². The summed E-state index contributed by atoms with van der Waals surface area (Å²) in [5.74, 6) is -1.33. The zero-order chi connectivity index (χ0) is 21.8. The van der Waals surface area contributed by atoms with E-state index >= 15 is 0 Å². The maximum absolute atomic E-state index is 13.3. The minimum absolute atomic E-state index is 0.00304. The highest BCUT2D eigenvalue weighted by Crippen LogP contribution is 2.66. The van der Waals surface area contributed by atoms with Crippen LogP contribution in [0.15, 0.2) is 35.1 Å². The third-order valence-electron chi connectivity index (χ3n) is 5.63. The Kier molecular flexibility index (Phi) is 3.71. The molecule has 1 aromatic heterocycles. The van der Waals surface area contributed by atoms with E-state index in [2.05, 4.69) is 21.0 Å². The molecule has 1 aliphatic carbocycles. The quantitative estimate of drug-likeness (QED) is 0.751. The Labute approximate surface area is 174 Å². The lowest BCUT2D eigenvalue weighted by atomic mass is 9.97. The number of benzene rings is 1. The van der Waals surface area contributed by atoms with E-state index in [1.54, 1.807) is 6.07 Å². The summed E-state index contributed by atoms with van der Waals surface area (Å²) in [6, 6.07) is 4.50. The zero-order valence-electron chi connectivity index (χ0n) is 17.2. The van der Waals surface area contributed by atoms with Crippen molar-refractivity contribution in [2.24, 2.45) is 12.4 Å². The number of carbonyl (C=O) groups excluding carboxylic acids is 1. The van der Waals surface area contributed by atoms with Crippen molar-refractivity contribution >= 4 is 39.4 Å². The van der Waals surface area contributed by atoms with Crippen LogP contribution in [0, 0.1) is 5.41 Å². The van der Waals surface area contributed by atoms with Crippen molar-refractivity contribution in [3.8, 4) is 0 Å². The molecule has 0 unspecified atom stereocenters. The number of carboxylic acids is 1. The molecule has 1 N–H and O–H groups in total. The van der Waals surface area contributed by atoms with Crippen molar-refractivity contribution in [2.75, 3.05) is 6.54 Å². The molecule has 1 spiro atoms. The predicted molar refractivity (Wildman–Crippen MR) is 104 cm³/mol. The second-order valence-electron chi connectivity index (χ2n) is 7.18. The molecule has 6 nitrogen and oxygen atoms in total. The number of carboxylic acid groups (broad SMARTS) is 1. The third kappa shape index (κ3) is 3.17. The first-order chi connectivity index (χ1) is 14.0. The van der Waals surface area contributed by atoms with Gasteiger partial charge in [0.2, 0.25) is 5.91 Å². The first-order valence-corrected chi connectivity index (χ1v) is 9.73. The predicted octanol–water partition coefficient (Wildman–Crippen LogP) is 3.24. The Morgan fingerprint density at radius 1 is 1.59 bits per heavy atom. The van der Waals surface area contributed by atoms with Crippen LogP contribution in [-0.2, 0) is 23.0 Å². The molecule has 0 radical (unpaired) electrons. The van der Waals surface area contributed by atoms with Crippen molar-refractivity contribution in [1.29, 1.82) is 0 Å². The highest BCUT2D eigenvalue weighted by atomic mass is 79.9. The highest BCUT2D eigenvalue weighted by Gasteiger charge is 2.65. The molecule has 1 saturated heterocycles. The summed E-state index contributed by atoms with van der Waals surface area (Å²) in [5.41, 5.74) is 0.755. The molecule has 3 atom stereocenters. The molecule has 1 saturated carbocycles. The number of aliphatic carboxylic acids is 1. The molecule has 27 heavy (non-hydrogen) atoms. The molecule has 2 fully saturated rings. The highest BCUT2D eigenvalue weighted by molar-refractivity contribution is 9.10. The fourth-order valence-electron chi connectivity index (χ4n) is 4.14. The van der Waals surface area contributed by atoms with Gasteiger partial charge in [0.15, 0.2) is 0 Å². The number of likely N-dealkylation sites (tertiary alicyclic amines) is 1. The molecule has 1 amide bonds. The van der Waals surface area contributed by atoms with Crippen LogP contribution in [0.5, 0.6) is 0 Å². The van der Waals surface area contributed by atoms with Gasteiger partial charge < -0.3 is 10.0 Å². The summed E-state index contributed by atoms with van der Waals surface area (Å²) < 4.78 is 23.8. The first kappa shape index (κ1) is 15.1. The van der Waals surface area contributed by atoms with Crippen molar-refractivity contribution in [1.82, 2.24) is 14.7 Å². The van der Waals surface area contributed by atoms with Crippen LogP contribution >= 0.6 is 27.5 Å². The van der Waals surface area contributed by atoms with Gasteiger partial charge in [0, 0.05) is 45.7 Å². The van der Waals surface area contributed by atoms with Crippen LogP contribution in [-0.4, -0.2) is 44.3 Å². The van der Waals surface area contributed by atoms with E-state index in [0.29, 0.717) is 30.0 Å². The molecular weight excluding hydrogens is 434 g/mol. The topological polar surface area (TPSA) is 75.4 Å². The average molecular weight is 456 g/mol. The van der Waals surface area contributed by atoms with Gasteiger partial charge in [-0.2, -0.15) is 5.10 Å². The molecule has 1 aromatic carbocycles. The number of nitrogens with zero attached hydrogens (tertiary/aromatic N) is 3. The molecule has 2 aliphatic rings. The van der Waals surface area contributed by atoms with E-state index in [1.807, 2.05) is 12.1 Å². The van der Waals surface area contributed by atoms with Crippen LogP contribution in [0.4, 0.5) is 0 Å². The number of aryl methyl sites for hydroxylation is 1.